The van der Waals surface area contributed by atoms with Gasteiger partial charge in [-0.15, -0.1) is 5.10 Å². The molecular weight excluding hydrogens is 381 g/mol. The van der Waals surface area contributed by atoms with Crippen molar-refractivity contribution in [3.05, 3.63) is 82.2 Å². The van der Waals surface area contributed by atoms with Crippen molar-refractivity contribution in [1.29, 1.82) is 5.26 Å². The molecule has 3 N–H and O–H groups in total. The molecule has 0 saturated heterocycles. The summed E-state index contributed by atoms with van der Waals surface area (Å²) >= 11 is 0. The number of nitriles is 1. The monoisotopic (exact) mass is 396 g/mol. The molecule has 1 aliphatic rings. The summed E-state index contributed by atoms with van der Waals surface area (Å²) < 4.78 is 46.6. The van der Waals surface area contributed by atoms with Crippen molar-refractivity contribution in [2.24, 2.45) is 5.73 Å². The largest absolute Gasteiger partial charge is 0.420 e. The number of aromatic nitrogens is 2. The minimum absolute atomic E-state index is 0.0547. The molecule has 2 aromatic carbocycles. The highest BCUT2D eigenvalue weighted by atomic mass is 19.4. The van der Waals surface area contributed by atoms with Gasteiger partial charge in [-0.3, -0.25) is 5.10 Å². The maximum absolute atomic E-state index is 13.7. The standard InChI is InChI=1S/C21H15F3N4O/c1-11-6-8-12(9-7-11)18-17-16(13-4-2-3-5-15(13)21(22,23)24)14(10-25)19(26)29-20(17)28-27-18/h2-9,16H,26H2,1H3,(H,27,28). The maximum atomic E-state index is 13.7. The number of ether oxygens (including phenoxy) is 1. The van der Waals surface area contributed by atoms with E-state index in [0.717, 1.165) is 11.6 Å². The zero-order valence-corrected chi connectivity index (χ0v) is 15.2. The number of aromatic amines is 1. The molecule has 1 atom stereocenters. The summed E-state index contributed by atoms with van der Waals surface area (Å²) in [4.78, 5) is 0. The molecule has 4 rings (SSSR count). The highest BCUT2D eigenvalue weighted by Gasteiger charge is 2.41. The second kappa shape index (κ2) is 6.71. The van der Waals surface area contributed by atoms with Gasteiger partial charge in [-0.1, -0.05) is 48.0 Å². The number of nitrogens with zero attached hydrogens (tertiary/aromatic N) is 2. The number of H-pyrrole nitrogens is 1. The van der Waals surface area contributed by atoms with Crippen molar-refractivity contribution in [2.45, 2.75) is 19.0 Å². The fourth-order valence-corrected chi connectivity index (χ4v) is 3.50. The number of allylic oxidation sites excluding steroid dienone is 1. The average molecular weight is 396 g/mol. The highest BCUT2D eigenvalue weighted by molar-refractivity contribution is 5.71. The van der Waals surface area contributed by atoms with Gasteiger partial charge in [0.1, 0.15) is 11.6 Å². The molecular formula is C21H15F3N4O. The molecule has 29 heavy (non-hydrogen) atoms. The molecule has 0 bridgehead atoms. The van der Waals surface area contributed by atoms with Crippen LogP contribution in [-0.2, 0) is 6.18 Å². The molecule has 0 amide bonds. The molecule has 1 unspecified atom stereocenters. The van der Waals surface area contributed by atoms with Crippen LogP contribution in [0.2, 0.25) is 0 Å². The Balaban J connectivity index is 2.00. The second-order valence-corrected chi connectivity index (χ2v) is 6.69. The Morgan fingerprint density at radius 2 is 1.83 bits per heavy atom. The molecule has 2 heterocycles. The summed E-state index contributed by atoms with van der Waals surface area (Å²) in [6.07, 6.45) is -4.60. The Morgan fingerprint density at radius 1 is 1.14 bits per heavy atom. The Bertz CT molecular complexity index is 1150. The van der Waals surface area contributed by atoms with Crippen LogP contribution < -0.4 is 10.5 Å². The fourth-order valence-electron chi connectivity index (χ4n) is 3.50. The van der Waals surface area contributed by atoms with Crippen LogP contribution >= 0.6 is 0 Å². The number of nitrogens with two attached hydrogens (primary N) is 1. The van der Waals surface area contributed by atoms with Crippen LogP contribution in [0.15, 0.2) is 60.0 Å². The van der Waals surface area contributed by atoms with Crippen LogP contribution in [0.1, 0.15) is 28.2 Å². The Labute approximate surface area is 164 Å². The summed E-state index contributed by atoms with van der Waals surface area (Å²) in [5.74, 6) is -1.28. The van der Waals surface area contributed by atoms with E-state index in [0.29, 0.717) is 16.8 Å². The van der Waals surface area contributed by atoms with Crippen molar-refractivity contribution < 1.29 is 17.9 Å². The van der Waals surface area contributed by atoms with Gasteiger partial charge in [0, 0.05) is 5.56 Å². The van der Waals surface area contributed by atoms with Gasteiger partial charge in [-0.25, -0.2) is 0 Å². The Kier molecular flexibility index (Phi) is 4.31. The molecule has 3 aromatic rings. The normalized spacial score (nSPS) is 16.2. The zero-order valence-electron chi connectivity index (χ0n) is 15.2. The van der Waals surface area contributed by atoms with Crippen LogP contribution in [0.4, 0.5) is 13.2 Å². The lowest BCUT2D eigenvalue weighted by molar-refractivity contribution is -0.138. The van der Waals surface area contributed by atoms with Gasteiger partial charge >= 0.3 is 6.18 Å². The van der Waals surface area contributed by atoms with E-state index in [2.05, 4.69) is 10.2 Å². The lowest BCUT2D eigenvalue weighted by Gasteiger charge is -2.26. The van der Waals surface area contributed by atoms with Gasteiger partial charge in [0.25, 0.3) is 0 Å². The number of alkyl halides is 3. The lowest BCUT2D eigenvalue weighted by atomic mass is 9.81. The van der Waals surface area contributed by atoms with Gasteiger partial charge in [0.05, 0.1) is 22.7 Å². The first kappa shape index (κ1) is 18.6. The van der Waals surface area contributed by atoms with E-state index in [1.165, 1.54) is 18.2 Å². The molecule has 0 fully saturated rings. The van der Waals surface area contributed by atoms with E-state index in [4.69, 9.17) is 10.5 Å². The van der Waals surface area contributed by atoms with E-state index in [-0.39, 0.29) is 22.9 Å². The van der Waals surface area contributed by atoms with E-state index in [1.807, 2.05) is 37.3 Å². The number of hydrogen-bond acceptors (Lipinski definition) is 4. The topological polar surface area (TPSA) is 87.7 Å². The lowest BCUT2D eigenvalue weighted by Crippen LogP contribution is -2.23. The fraction of sp³-hybridized carbons (Fsp3) is 0.143. The number of hydrogen-bond donors (Lipinski definition) is 2. The van der Waals surface area contributed by atoms with Gasteiger partial charge in [-0.2, -0.15) is 18.4 Å². The van der Waals surface area contributed by atoms with Crippen molar-refractivity contribution >= 4 is 0 Å². The predicted molar refractivity (Wildman–Crippen MR) is 99.5 cm³/mol. The summed E-state index contributed by atoms with van der Waals surface area (Å²) in [6.45, 7) is 1.93. The van der Waals surface area contributed by atoms with E-state index < -0.39 is 17.7 Å². The number of halogens is 3. The number of rotatable bonds is 2. The first-order valence-electron chi connectivity index (χ1n) is 8.70. The number of fused-ring (bicyclic) bond motifs is 1. The quantitative estimate of drug-likeness (QED) is 0.662. The predicted octanol–water partition coefficient (Wildman–Crippen LogP) is 4.62. The highest BCUT2D eigenvalue weighted by Crippen LogP contribution is 2.48. The second-order valence-electron chi connectivity index (χ2n) is 6.69. The van der Waals surface area contributed by atoms with Crippen LogP contribution in [0.3, 0.4) is 0 Å². The minimum atomic E-state index is -4.60. The van der Waals surface area contributed by atoms with Gasteiger partial charge in [0.15, 0.2) is 0 Å². The van der Waals surface area contributed by atoms with Gasteiger partial charge in [-0.05, 0) is 18.6 Å². The summed E-state index contributed by atoms with van der Waals surface area (Å²) in [5, 5.41) is 16.6. The van der Waals surface area contributed by atoms with E-state index in [9.17, 15) is 18.4 Å². The van der Waals surface area contributed by atoms with Crippen molar-refractivity contribution in [3.8, 4) is 23.2 Å². The molecule has 146 valence electrons. The molecule has 0 radical (unpaired) electrons. The summed E-state index contributed by atoms with van der Waals surface area (Å²) in [6, 6.07) is 14.5. The smallest absolute Gasteiger partial charge is 0.416 e. The molecule has 8 heteroatoms. The summed E-state index contributed by atoms with van der Waals surface area (Å²) in [7, 11) is 0. The van der Waals surface area contributed by atoms with Crippen molar-refractivity contribution in [3.63, 3.8) is 0 Å². The Hall–Kier alpha value is -3.73. The third kappa shape index (κ3) is 3.10. The van der Waals surface area contributed by atoms with Crippen LogP contribution in [0.5, 0.6) is 5.88 Å². The first-order chi connectivity index (χ1) is 13.8. The van der Waals surface area contributed by atoms with Gasteiger partial charge < -0.3 is 10.5 Å². The average Bonchev–Trinajstić information content (AvgIpc) is 3.10. The minimum Gasteiger partial charge on any atom is -0.420 e. The molecule has 0 aliphatic carbocycles. The third-order valence-corrected chi connectivity index (χ3v) is 4.86. The van der Waals surface area contributed by atoms with Gasteiger partial charge in [0.2, 0.25) is 11.8 Å². The van der Waals surface area contributed by atoms with Crippen molar-refractivity contribution in [1.82, 2.24) is 10.2 Å². The SMILES string of the molecule is Cc1ccc(-c2[nH]nc3c2C(c2ccccc2C(F)(F)F)C(C#N)=C(N)O3)cc1. The molecule has 0 spiro atoms. The first-order valence-corrected chi connectivity index (χ1v) is 8.70. The number of benzene rings is 2. The Morgan fingerprint density at radius 3 is 2.48 bits per heavy atom. The van der Waals surface area contributed by atoms with E-state index in [1.54, 1.807) is 0 Å². The molecule has 5 nitrogen and oxygen atoms in total. The zero-order chi connectivity index (χ0) is 20.8. The molecule has 1 aromatic heterocycles. The summed E-state index contributed by atoms with van der Waals surface area (Å²) in [5.41, 5.74) is 7.40. The van der Waals surface area contributed by atoms with E-state index >= 15 is 0 Å². The maximum Gasteiger partial charge on any atom is 0.416 e. The number of nitrogens with one attached hydrogen (secondary N) is 1. The molecule has 0 saturated carbocycles. The van der Waals surface area contributed by atoms with Crippen LogP contribution in [0, 0.1) is 18.3 Å². The third-order valence-electron chi connectivity index (χ3n) is 4.86. The van der Waals surface area contributed by atoms with Crippen molar-refractivity contribution in [2.75, 3.05) is 0 Å². The van der Waals surface area contributed by atoms with Crippen LogP contribution in [0.25, 0.3) is 11.3 Å². The van der Waals surface area contributed by atoms with Crippen LogP contribution in [-0.4, -0.2) is 10.2 Å². The molecule has 1 aliphatic heterocycles. The number of aryl methyl sites for hydroxylation is 1.